The first-order chi connectivity index (χ1) is 9.65. The molecule has 3 nitrogen and oxygen atoms in total. The molecule has 1 aromatic carbocycles. The maximum absolute atomic E-state index is 6.02. The van der Waals surface area contributed by atoms with E-state index in [-0.39, 0.29) is 0 Å². The van der Waals surface area contributed by atoms with Crippen molar-refractivity contribution in [1.29, 1.82) is 0 Å². The molecule has 2 N–H and O–H groups in total. The van der Waals surface area contributed by atoms with Crippen LogP contribution in [0.1, 0.15) is 25.3 Å². The fourth-order valence-corrected chi connectivity index (χ4v) is 3.43. The van der Waals surface area contributed by atoms with Crippen molar-refractivity contribution in [3.63, 3.8) is 0 Å². The maximum Gasteiger partial charge on any atom is 0.0481 e. The van der Waals surface area contributed by atoms with E-state index < -0.39 is 0 Å². The van der Waals surface area contributed by atoms with E-state index >= 15 is 0 Å². The van der Waals surface area contributed by atoms with Crippen molar-refractivity contribution in [2.24, 2.45) is 18.7 Å². The number of aryl methyl sites for hydroxylation is 1. The molecule has 1 aromatic heterocycles. The molecule has 2 heterocycles. The summed E-state index contributed by atoms with van der Waals surface area (Å²) >= 11 is 0. The molecule has 1 aliphatic rings. The van der Waals surface area contributed by atoms with E-state index in [1.54, 1.807) is 0 Å². The number of aromatic nitrogens is 1. The topological polar surface area (TPSA) is 34.2 Å². The van der Waals surface area contributed by atoms with Crippen LogP contribution in [0.4, 0.5) is 0 Å². The van der Waals surface area contributed by atoms with Gasteiger partial charge in [-0.2, -0.15) is 0 Å². The minimum Gasteiger partial charge on any atom is -0.350 e. The normalized spacial score (nSPS) is 19.6. The minimum atomic E-state index is 0.342. The van der Waals surface area contributed by atoms with E-state index in [4.69, 9.17) is 5.73 Å². The van der Waals surface area contributed by atoms with Gasteiger partial charge in [0.15, 0.2) is 0 Å². The van der Waals surface area contributed by atoms with Crippen LogP contribution in [0.15, 0.2) is 30.5 Å². The molecule has 0 radical (unpaired) electrons. The van der Waals surface area contributed by atoms with Gasteiger partial charge in [0.2, 0.25) is 0 Å². The van der Waals surface area contributed by atoms with Gasteiger partial charge in [0, 0.05) is 36.7 Å². The van der Waals surface area contributed by atoms with E-state index in [1.165, 1.54) is 42.4 Å². The average Bonchev–Trinajstić information content (AvgIpc) is 2.77. The molecule has 1 unspecified atom stereocenters. The number of benzene rings is 1. The van der Waals surface area contributed by atoms with Gasteiger partial charge in [-0.3, -0.25) is 4.90 Å². The Morgan fingerprint density at radius 1 is 1.25 bits per heavy atom. The van der Waals surface area contributed by atoms with Gasteiger partial charge >= 0.3 is 0 Å². The molecule has 0 saturated carbocycles. The van der Waals surface area contributed by atoms with Crippen LogP contribution in [-0.4, -0.2) is 28.6 Å². The molecule has 1 fully saturated rings. The lowest BCUT2D eigenvalue weighted by Crippen LogP contribution is -2.39. The Kier molecular flexibility index (Phi) is 3.81. The second kappa shape index (κ2) is 5.58. The van der Waals surface area contributed by atoms with Crippen LogP contribution in [0.3, 0.4) is 0 Å². The SMILES string of the molecule is CC(N)C1CCN(Cc2cn(C)c3ccccc23)CC1. The number of para-hydroxylation sites is 1. The largest absolute Gasteiger partial charge is 0.350 e. The Labute approximate surface area is 121 Å². The summed E-state index contributed by atoms with van der Waals surface area (Å²) in [7, 11) is 2.13. The monoisotopic (exact) mass is 271 g/mol. The molecular weight excluding hydrogens is 246 g/mol. The second-order valence-electron chi connectivity index (χ2n) is 6.26. The van der Waals surface area contributed by atoms with Gasteiger partial charge in [-0.15, -0.1) is 0 Å². The fourth-order valence-electron chi connectivity index (χ4n) is 3.43. The van der Waals surface area contributed by atoms with Crippen molar-refractivity contribution in [3.8, 4) is 0 Å². The van der Waals surface area contributed by atoms with E-state index in [9.17, 15) is 0 Å². The first-order valence-electron chi connectivity index (χ1n) is 7.66. The number of nitrogens with two attached hydrogens (primary N) is 1. The third kappa shape index (κ3) is 2.60. The highest BCUT2D eigenvalue weighted by molar-refractivity contribution is 5.83. The smallest absolute Gasteiger partial charge is 0.0481 e. The summed E-state index contributed by atoms with van der Waals surface area (Å²) in [6.45, 7) is 5.56. The number of piperidine rings is 1. The molecular formula is C17H25N3. The standard InChI is InChI=1S/C17H25N3/c1-13(18)14-7-9-20(10-8-14)12-15-11-19(2)17-6-4-3-5-16(15)17/h3-6,11,13-14H,7-10,12,18H2,1-2H3. The molecule has 1 saturated heterocycles. The van der Waals surface area contributed by atoms with E-state index in [0.717, 1.165) is 6.54 Å². The Morgan fingerprint density at radius 2 is 1.95 bits per heavy atom. The first-order valence-corrected chi connectivity index (χ1v) is 7.66. The zero-order chi connectivity index (χ0) is 14.1. The van der Waals surface area contributed by atoms with Gasteiger partial charge in [0.25, 0.3) is 0 Å². The summed E-state index contributed by atoms with van der Waals surface area (Å²) in [5, 5.41) is 1.39. The van der Waals surface area contributed by atoms with Gasteiger partial charge in [-0.1, -0.05) is 18.2 Å². The number of fused-ring (bicyclic) bond motifs is 1. The van der Waals surface area contributed by atoms with Gasteiger partial charge in [-0.05, 0) is 50.4 Å². The van der Waals surface area contributed by atoms with Crippen LogP contribution in [0.2, 0.25) is 0 Å². The predicted octanol–water partition coefficient (Wildman–Crippen LogP) is 2.74. The van der Waals surface area contributed by atoms with E-state index in [2.05, 4.69) is 53.9 Å². The highest BCUT2D eigenvalue weighted by Crippen LogP contribution is 2.25. The molecule has 0 bridgehead atoms. The Balaban J connectivity index is 1.72. The lowest BCUT2D eigenvalue weighted by molar-refractivity contribution is 0.166. The lowest BCUT2D eigenvalue weighted by Gasteiger charge is -2.33. The van der Waals surface area contributed by atoms with E-state index in [0.29, 0.717) is 12.0 Å². The predicted molar refractivity (Wildman–Crippen MR) is 84.6 cm³/mol. The number of hydrogen-bond acceptors (Lipinski definition) is 2. The molecule has 0 spiro atoms. The van der Waals surface area contributed by atoms with Gasteiger partial charge in [-0.25, -0.2) is 0 Å². The number of hydrogen-bond donors (Lipinski definition) is 1. The molecule has 3 rings (SSSR count). The Hall–Kier alpha value is -1.32. The fraction of sp³-hybridized carbons (Fsp3) is 0.529. The number of likely N-dealkylation sites (tertiary alicyclic amines) is 1. The van der Waals surface area contributed by atoms with Gasteiger partial charge in [0.1, 0.15) is 0 Å². The van der Waals surface area contributed by atoms with Crippen LogP contribution in [-0.2, 0) is 13.6 Å². The minimum absolute atomic E-state index is 0.342. The summed E-state index contributed by atoms with van der Waals surface area (Å²) < 4.78 is 2.24. The van der Waals surface area contributed by atoms with Crippen LogP contribution in [0.5, 0.6) is 0 Å². The Morgan fingerprint density at radius 3 is 2.65 bits per heavy atom. The highest BCUT2D eigenvalue weighted by atomic mass is 15.1. The molecule has 20 heavy (non-hydrogen) atoms. The number of nitrogens with zero attached hydrogens (tertiary/aromatic N) is 2. The summed E-state index contributed by atoms with van der Waals surface area (Å²) in [5.41, 5.74) is 8.79. The van der Waals surface area contributed by atoms with Crippen molar-refractivity contribution in [1.82, 2.24) is 9.47 Å². The highest BCUT2D eigenvalue weighted by Gasteiger charge is 2.22. The molecule has 1 atom stereocenters. The summed E-state index contributed by atoms with van der Waals surface area (Å²) in [6, 6.07) is 9.02. The first kappa shape index (κ1) is 13.7. The van der Waals surface area contributed by atoms with Gasteiger partial charge < -0.3 is 10.3 Å². The molecule has 0 aliphatic carbocycles. The second-order valence-corrected chi connectivity index (χ2v) is 6.26. The van der Waals surface area contributed by atoms with E-state index in [1.807, 2.05) is 0 Å². The summed E-state index contributed by atoms with van der Waals surface area (Å²) in [4.78, 5) is 2.57. The third-order valence-electron chi connectivity index (χ3n) is 4.75. The van der Waals surface area contributed by atoms with Gasteiger partial charge in [0.05, 0.1) is 0 Å². The molecule has 2 aromatic rings. The average molecular weight is 271 g/mol. The molecule has 3 heteroatoms. The van der Waals surface area contributed by atoms with Crippen LogP contribution in [0.25, 0.3) is 10.9 Å². The van der Waals surface area contributed by atoms with Crippen molar-refractivity contribution in [2.45, 2.75) is 32.4 Å². The van der Waals surface area contributed by atoms with Crippen LogP contribution in [0, 0.1) is 5.92 Å². The molecule has 1 aliphatic heterocycles. The van der Waals surface area contributed by atoms with Crippen molar-refractivity contribution < 1.29 is 0 Å². The van der Waals surface area contributed by atoms with Crippen LogP contribution >= 0.6 is 0 Å². The quantitative estimate of drug-likeness (QED) is 0.931. The van der Waals surface area contributed by atoms with Crippen molar-refractivity contribution in [2.75, 3.05) is 13.1 Å². The zero-order valence-corrected chi connectivity index (χ0v) is 12.5. The lowest BCUT2D eigenvalue weighted by atomic mass is 9.91. The Bertz CT molecular complexity index is 577. The van der Waals surface area contributed by atoms with Crippen molar-refractivity contribution >= 4 is 10.9 Å². The van der Waals surface area contributed by atoms with Crippen LogP contribution < -0.4 is 5.73 Å². The number of rotatable bonds is 3. The summed E-state index contributed by atoms with van der Waals surface area (Å²) in [6.07, 6.45) is 4.76. The maximum atomic E-state index is 6.02. The zero-order valence-electron chi connectivity index (χ0n) is 12.5. The molecule has 0 amide bonds. The van der Waals surface area contributed by atoms with Crippen molar-refractivity contribution in [3.05, 3.63) is 36.0 Å². The third-order valence-corrected chi connectivity index (χ3v) is 4.75. The summed E-state index contributed by atoms with van der Waals surface area (Å²) in [5.74, 6) is 0.707. The molecule has 108 valence electrons.